The Kier molecular flexibility index (Phi) is 4.29. The summed E-state index contributed by atoms with van der Waals surface area (Å²) in [6.45, 7) is 3.42. The molecule has 0 spiro atoms. The summed E-state index contributed by atoms with van der Waals surface area (Å²) in [5, 5.41) is 9.82. The van der Waals surface area contributed by atoms with Gasteiger partial charge in [-0.1, -0.05) is 12.1 Å². The molecule has 0 fully saturated rings. The summed E-state index contributed by atoms with van der Waals surface area (Å²) in [7, 11) is -4.02. The van der Waals surface area contributed by atoms with Crippen molar-refractivity contribution >= 4 is 32.6 Å². The number of H-pyrrole nitrogens is 1. The molecule has 0 radical (unpaired) electrons. The maximum Gasteiger partial charge on any atom is 0.337 e. The van der Waals surface area contributed by atoms with E-state index in [1.165, 1.54) is 36.4 Å². The van der Waals surface area contributed by atoms with Crippen molar-refractivity contribution in [3.8, 4) is 0 Å². The van der Waals surface area contributed by atoms with Crippen LogP contribution in [0.4, 0.5) is 5.69 Å². The van der Waals surface area contributed by atoms with Crippen LogP contribution in [0.15, 0.2) is 52.2 Å². The van der Waals surface area contributed by atoms with Crippen molar-refractivity contribution < 1.29 is 18.3 Å². The second kappa shape index (κ2) is 6.30. The second-order valence-electron chi connectivity index (χ2n) is 5.94. The number of carboxylic acids is 1. The van der Waals surface area contributed by atoms with Gasteiger partial charge in [0, 0.05) is 11.5 Å². The van der Waals surface area contributed by atoms with Gasteiger partial charge in [0.15, 0.2) is 0 Å². The van der Waals surface area contributed by atoms with Crippen LogP contribution < -0.4 is 10.3 Å². The molecule has 0 unspecified atom stereocenters. The molecule has 3 N–H and O–H groups in total. The molecule has 26 heavy (non-hydrogen) atoms. The van der Waals surface area contributed by atoms with Crippen LogP contribution in [-0.2, 0) is 10.0 Å². The zero-order valence-corrected chi connectivity index (χ0v) is 14.8. The molecule has 0 amide bonds. The highest BCUT2D eigenvalue weighted by Gasteiger charge is 2.20. The number of carboxylic acid groups (broad SMARTS) is 1. The fourth-order valence-corrected chi connectivity index (χ4v) is 3.97. The molecule has 0 aliphatic carbocycles. The lowest BCUT2D eigenvalue weighted by atomic mass is 10.1. The first kappa shape index (κ1) is 17.7. The molecule has 1 heterocycles. The summed E-state index contributed by atoms with van der Waals surface area (Å²) in [5.74, 6) is -1.23. The maximum atomic E-state index is 12.8. The van der Waals surface area contributed by atoms with Gasteiger partial charge in [-0.15, -0.1) is 0 Å². The van der Waals surface area contributed by atoms with Crippen LogP contribution in [0.5, 0.6) is 0 Å². The molecule has 0 saturated heterocycles. The SMILES string of the molecule is Cc1cc(=O)[nH]c2c(C)cc(S(=O)(=O)Nc3ccccc3C(=O)O)cc12. The minimum Gasteiger partial charge on any atom is -0.478 e. The molecule has 7 nitrogen and oxygen atoms in total. The number of pyridine rings is 1. The highest BCUT2D eigenvalue weighted by Crippen LogP contribution is 2.26. The summed E-state index contributed by atoms with van der Waals surface area (Å²) in [5.41, 5.74) is 1.39. The van der Waals surface area contributed by atoms with E-state index in [1.54, 1.807) is 19.9 Å². The number of carbonyl (C=O) groups is 1. The van der Waals surface area contributed by atoms with Crippen molar-refractivity contribution in [3.05, 3.63) is 69.5 Å². The van der Waals surface area contributed by atoms with E-state index in [0.717, 1.165) is 0 Å². The number of rotatable bonds is 4. The van der Waals surface area contributed by atoms with Gasteiger partial charge < -0.3 is 10.1 Å². The van der Waals surface area contributed by atoms with Gasteiger partial charge >= 0.3 is 5.97 Å². The molecule has 0 aliphatic rings. The number of aryl methyl sites for hydroxylation is 2. The summed E-state index contributed by atoms with van der Waals surface area (Å²) in [4.78, 5) is 25.6. The van der Waals surface area contributed by atoms with E-state index in [4.69, 9.17) is 0 Å². The third-order valence-corrected chi connectivity index (χ3v) is 5.39. The van der Waals surface area contributed by atoms with E-state index >= 15 is 0 Å². The highest BCUT2D eigenvalue weighted by atomic mass is 32.2. The predicted molar refractivity (Wildman–Crippen MR) is 98.3 cm³/mol. The number of aromatic carboxylic acids is 1. The number of nitrogens with one attached hydrogen (secondary N) is 2. The number of sulfonamides is 1. The van der Waals surface area contributed by atoms with E-state index in [-0.39, 0.29) is 21.7 Å². The number of benzene rings is 2. The Morgan fingerprint density at radius 1 is 1.08 bits per heavy atom. The fraction of sp³-hybridized carbons (Fsp3) is 0.111. The number of aromatic nitrogens is 1. The third-order valence-electron chi connectivity index (χ3n) is 4.04. The van der Waals surface area contributed by atoms with Crippen molar-refractivity contribution in [3.63, 3.8) is 0 Å². The van der Waals surface area contributed by atoms with E-state index in [2.05, 4.69) is 9.71 Å². The first-order valence-corrected chi connectivity index (χ1v) is 9.17. The fourth-order valence-electron chi connectivity index (χ4n) is 2.78. The molecule has 0 aliphatic heterocycles. The quantitative estimate of drug-likeness (QED) is 0.651. The third kappa shape index (κ3) is 3.18. The minimum atomic E-state index is -4.02. The van der Waals surface area contributed by atoms with Crippen LogP contribution in [0.2, 0.25) is 0 Å². The number of fused-ring (bicyclic) bond motifs is 1. The zero-order chi connectivity index (χ0) is 19.1. The summed E-state index contributed by atoms with van der Waals surface area (Å²) in [6, 6.07) is 10.1. The molecule has 2 aromatic carbocycles. The smallest absolute Gasteiger partial charge is 0.337 e. The molecule has 3 aromatic rings. The Morgan fingerprint density at radius 2 is 1.77 bits per heavy atom. The average Bonchev–Trinajstić information content (AvgIpc) is 2.55. The standard InChI is InChI=1S/C18H16N2O5S/c1-10-8-16(21)19-17-11(2)7-12(9-14(10)17)26(24,25)20-15-6-4-3-5-13(15)18(22)23/h3-9,20H,1-2H3,(H,19,21)(H,22,23). The van der Waals surface area contributed by atoms with Crippen LogP contribution in [0, 0.1) is 13.8 Å². The van der Waals surface area contributed by atoms with Crippen LogP contribution in [0.3, 0.4) is 0 Å². The molecule has 0 atom stereocenters. The van der Waals surface area contributed by atoms with Crippen LogP contribution in [-0.4, -0.2) is 24.5 Å². The highest BCUT2D eigenvalue weighted by molar-refractivity contribution is 7.92. The van der Waals surface area contributed by atoms with Crippen molar-refractivity contribution in [1.82, 2.24) is 4.98 Å². The van der Waals surface area contributed by atoms with Gasteiger partial charge in [0.2, 0.25) is 5.56 Å². The molecular formula is C18H16N2O5S. The molecule has 0 saturated carbocycles. The Bertz CT molecular complexity index is 1200. The Hall–Kier alpha value is -3.13. The predicted octanol–water partition coefficient (Wildman–Crippen LogP) is 2.64. The normalized spacial score (nSPS) is 11.5. The van der Waals surface area contributed by atoms with E-state index in [1.807, 2.05) is 0 Å². The lowest BCUT2D eigenvalue weighted by Gasteiger charge is -2.13. The summed E-state index contributed by atoms with van der Waals surface area (Å²) >= 11 is 0. The number of para-hydroxylation sites is 1. The number of hydrogen-bond acceptors (Lipinski definition) is 4. The molecule has 8 heteroatoms. The largest absolute Gasteiger partial charge is 0.478 e. The lowest BCUT2D eigenvalue weighted by Crippen LogP contribution is -2.16. The first-order valence-electron chi connectivity index (χ1n) is 7.68. The Morgan fingerprint density at radius 3 is 2.46 bits per heavy atom. The van der Waals surface area contributed by atoms with Gasteiger partial charge in [0.25, 0.3) is 10.0 Å². The minimum absolute atomic E-state index is 0.0159. The van der Waals surface area contributed by atoms with Crippen LogP contribution >= 0.6 is 0 Å². The van der Waals surface area contributed by atoms with Crippen molar-refractivity contribution in [2.75, 3.05) is 4.72 Å². The van der Waals surface area contributed by atoms with Gasteiger partial charge in [0.1, 0.15) is 0 Å². The lowest BCUT2D eigenvalue weighted by molar-refractivity contribution is 0.0698. The summed E-state index contributed by atoms with van der Waals surface area (Å²) in [6.07, 6.45) is 0. The zero-order valence-electron chi connectivity index (χ0n) is 14.0. The number of anilines is 1. The first-order chi connectivity index (χ1) is 12.2. The number of hydrogen-bond donors (Lipinski definition) is 3. The second-order valence-corrected chi connectivity index (χ2v) is 7.62. The van der Waals surface area contributed by atoms with E-state index < -0.39 is 16.0 Å². The average molecular weight is 372 g/mol. The van der Waals surface area contributed by atoms with Gasteiger partial charge in [0.05, 0.1) is 21.7 Å². The van der Waals surface area contributed by atoms with E-state index in [0.29, 0.717) is 22.0 Å². The van der Waals surface area contributed by atoms with Crippen LogP contribution in [0.25, 0.3) is 10.9 Å². The monoisotopic (exact) mass is 372 g/mol. The van der Waals surface area contributed by atoms with Gasteiger partial charge in [-0.3, -0.25) is 9.52 Å². The van der Waals surface area contributed by atoms with Gasteiger partial charge in [-0.2, -0.15) is 0 Å². The molecule has 3 rings (SSSR count). The van der Waals surface area contributed by atoms with Crippen molar-refractivity contribution in [2.45, 2.75) is 18.7 Å². The van der Waals surface area contributed by atoms with Gasteiger partial charge in [-0.25, -0.2) is 13.2 Å². The molecule has 1 aromatic heterocycles. The van der Waals surface area contributed by atoms with Crippen molar-refractivity contribution in [2.24, 2.45) is 0 Å². The Labute approximate surface area is 149 Å². The molecule has 0 bridgehead atoms. The van der Waals surface area contributed by atoms with Crippen LogP contribution in [0.1, 0.15) is 21.5 Å². The Balaban J connectivity index is 2.14. The molecule has 134 valence electrons. The maximum absolute atomic E-state index is 12.8. The van der Waals surface area contributed by atoms with Crippen molar-refractivity contribution in [1.29, 1.82) is 0 Å². The summed E-state index contributed by atoms with van der Waals surface area (Å²) < 4.78 is 27.9. The molecular weight excluding hydrogens is 356 g/mol. The van der Waals surface area contributed by atoms with Gasteiger partial charge in [-0.05, 0) is 49.2 Å². The topological polar surface area (TPSA) is 116 Å². The van der Waals surface area contributed by atoms with E-state index in [9.17, 15) is 23.1 Å². The number of aromatic amines is 1.